The third-order valence-electron chi connectivity index (χ3n) is 7.56. The molecule has 5 rings (SSSR count). The van der Waals surface area contributed by atoms with Crippen molar-refractivity contribution in [1.29, 1.82) is 0 Å². The molecule has 3 unspecified atom stereocenters. The first kappa shape index (κ1) is 23.4. The SMILES string of the molecule is COc1ccc(-n2nc(C(=O)NC3CCCC(C)C3C)c3c4ccccc4n(C)c3c2=O)cc1Cl. The van der Waals surface area contributed by atoms with Crippen molar-refractivity contribution in [2.24, 2.45) is 18.9 Å². The summed E-state index contributed by atoms with van der Waals surface area (Å²) in [5.74, 6) is 1.12. The average Bonchev–Trinajstić information content (AvgIpc) is 3.15. The standard InChI is InChI=1S/C27H29ClN4O3/c1-15-8-7-10-20(16(15)2)29-26(33)24-23-18-9-5-6-11-21(18)31(3)25(23)27(34)32(30-24)17-12-13-22(35-4)19(28)14-17/h5-6,9,11-16,20H,7-8,10H2,1-4H3,(H,29,33). The van der Waals surface area contributed by atoms with Crippen molar-refractivity contribution < 1.29 is 9.53 Å². The van der Waals surface area contributed by atoms with Crippen molar-refractivity contribution in [2.45, 2.75) is 39.2 Å². The van der Waals surface area contributed by atoms with Crippen molar-refractivity contribution in [2.75, 3.05) is 7.11 Å². The zero-order chi connectivity index (χ0) is 24.9. The van der Waals surface area contributed by atoms with Crippen LogP contribution in [0.15, 0.2) is 47.3 Å². The van der Waals surface area contributed by atoms with Crippen LogP contribution in [0.5, 0.6) is 5.75 Å². The number of hydrogen-bond donors (Lipinski definition) is 1. The first-order chi connectivity index (χ1) is 16.8. The lowest BCUT2D eigenvalue weighted by Gasteiger charge is -2.34. The van der Waals surface area contributed by atoms with Crippen LogP contribution in [0.25, 0.3) is 27.5 Å². The van der Waals surface area contributed by atoms with Crippen molar-refractivity contribution in [3.63, 3.8) is 0 Å². The zero-order valence-electron chi connectivity index (χ0n) is 20.3. The van der Waals surface area contributed by atoms with E-state index >= 15 is 0 Å². The maximum atomic E-state index is 13.7. The van der Waals surface area contributed by atoms with E-state index in [0.717, 1.165) is 23.7 Å². The topological polar surface area (TPSA) is 78.2 Å². The molecule has 0 spiro atoms. The first-order valence-electron chi connectivity index (χ1n) is 12.0. The minimum atomic E-state index is -0.323. The van der Waals surface area contributed by atoms with Gasteiger partial charge >= 0.3 is 0 Å². The highest BCUT2D eigenvalue weighted by atomic mass is 35.5. The van der Waals surface area contributed by atoms with Gasteiger partial charge in [0, 0.05) is 29.4 Å². The smallest absolute Gasteiger partial charge is 0.296 e. The Morgan fingerprint density at radius 3 is 2.69 bits per heavy atom. The summed E-state index contributed by atoms with van der Waals surface area (Å²) in [7, 11) is 3.37. The van der Waals surface area contributed by atoms with E-state index in [1.54, 1.807) is 18.2 Å². The number of benzene rings is 2. The van der Waals surface area contributed by atoms with Gasteiger partial charge in [-0.25, -0.2) is 0 Å². The normalized spacial score (nSPS) is 20.3. The Hall–Kier alpha value is -3.32. The second-order valence-corrected chi connectivity index (χ2v) is 9.94. The largest absolute Gasteiger partial charge is 0.495 e. The van der Waals surface area contributed by atoms with Crippen LogP contribution in [0.1, 0.15) is 43.6 Å². The van der Waals surface area contributed by atoms with Crippen LogP contribution in [0.2, 0.25) is 5.02 Å². The maximum Gasteiger partial charge on any atom is 0.296 e. The Bertz CT molecular complexity index is 1510. The van der Waals surface area contributed by atoms with Gasteiger partial charge in [-0.15, -0.1) is 0 Å². The van der Waals surface area contributed by atoms with Crippen molar-refractivity contribution in [1.82, 2.24) is 19.7 Å². The molecular weight excluding hydrogens is 464 g/mol. The van der Waals surface area contributed by atoms with Crippen molar-refractivity contribution in [3.8, 4) is 11.4 Å². The number of hydrogen-bond acceptors (Lipinski definition) is 4. The Kier molecular flexibility index (Phi) is 6.05. The number of aromatic nitrogens is 3. The molecule has 7 nitrogen and oxygen atoms in total. The molecule has 8 heteroatoms. The second-order valence-electron chi connectivity index (χ2n) is 9.53. The first-order valence-corrected chi connectivity index (χ1v) is 12.3. The van der Waals surface area contributed by atoms with E-state index in [1.807, 2.05) is 35.9 Å². The van der Waals surface area contributed by atoms with Gasteiger partial charge in [-0.3, -0.25) is 9.59 Å². The highest BCUT2D eigenvalue weighted by molar-refractivity contribution is 6.32. The Morgan fingerprint density at radius 2 is 1.94 bits per heavy atom. The molecule has 0 radical (unpaired) electrons. The summed E-state index contributed by atoms with van der Waals surface area (Å²) >= 11 is 6.35. The van der Waals surface area contributed by atoms with Gasteiger partial charge in [0.2, 0.25) is 0 Å². The van der Waals surface area contributed by atoms with Gasteiger partial charge in [0.1, 0.15) is 11.3 Å². The summed E-state index contributed by atoms with van der Waals surface area (Å²) in [5.41, 5.74) is 1.65. The van der Waals surface area contributed by atoms with Crippen LogP contribution in [0.4, 0.5) is 0 Å². The number of halogens is 1. The molecule has 2 aromatic carbocycles. The molecule has 1 aliphatic carbocycles. The Balaban J connectivity index is 1.73. The maximum absolute atomic E-state index is 13.7. The molecule has 0 bridgehead atoms. The van der Waals surface area contributed by atoms with Gasteiger partial charge in [-0.2, -0.15) is 9.78 Å². The summed E-state index contributed by atoms with van der Waals surface area (Å²) in [4.78, 5) is 27.5. The van der Waals surface area contributed by atoms with Crippen LogP contribution >= 0.6 is 11.6 Å². The van der Waals surface area contributed by atoms with Crippen LogP contribution < -0.4 is 15.6 Å². The summed E-state index contributed by atoms with van der Waals surface area (Å²) in [5, 5.41) is 9.60. The quantitative estimate of drug-likeness (QED) is 0.430. The van der Waals surface area contributed by atoms with Crippen molar-refractivity contribution >= 4 is 39.3 Å². The lowest BCUT2D eigenvalue weighted by atomic mass is 9.78. The minimum Gasteiger partial charge on any atom is -0.495 e. The third-order valence-corrected chi connectivity index (χ3v) is 7.85. The fourth-order valence-electron chi connectivity index (χ4n) is 5.32. The number of carbonyl (C=O) groups is 1. The van der Waals surface area contributed by atoms with E-state index in [9.17, 15) is 9.59 Å². The summed E-state index contributed by atoms with van der Waals surface area (Å²) < 4.78 is 8.34. The molecule has 2 heterocycles. The molecule has 1 saturated carbocycles. The van der Waals surface area contributed by atoms with Gasteiger partial charge in [0.15, 0.2) is 5.69 Å². The van der Waals surface area contributed by atoms with Crippen LogP contribution in [0.3, 0.4) is 0 Å². The number of carbonyl (C=O) groups excluding carboxylic acids is 1. The number of amides is 1. The molecule has 2 aromatic heterocycles. The number of ether oxygens (including phenoxy) is 1. The van der Waals surface area contributed by atoms with Gasteiger partial charge < -0.3 is 14.6 Å². The fraction of sp³-hybridized carbons (Fsp3) is 0.370. The average molecular weight is 493 g/mol. The highest BCUT2D eigenvalue weighted by Crippen LogP contribution is 2.32. The number of nitrogens with one attached hydrogen (secondary N) is 1. The number of para-hydroxylation sites is 1. The number of fused-ring (bicyclic) bond motifs is 3. The third kappa shape index (κ3) is 3.88. The fourth-order valence-corrected chi connectivity index (χ4v) is 5.57. The van der Waals surface area contributed by atoms with Gasteiger partial charge in [-0.05, 0) is 42.5 Å². The minimum absolute atomic E-state index is 0.0638. The monoisotopic (exact) mass is 492 g/mol. The Morgan fingerprint density at radius 1 is 1.17 bits per heavy atom. The summed E-state index contributed by atoms with van der Waals surface area (Å²) in [6.07, 6.45) is 3.18. The number of rotatable bonds is 4. The molecule has 0 saturated heterocycles. The van der Waals surface area contributed by atoms with Crippen LogP contribution in [-0.4, -0.2) is 33.4 Å². The molecule has 4 aromatic rings. The molecule has 3 atom stereocenters. The molecule has 182 valence electrons. The van der Waals surface area contributed by atoms with Crippen LogP contribution in [0, 0.1) is 11.8 Å². The molecule has 0 aliphatic heterocycles. The number of nitrogens with zero attached hydrogens (tertiary/aromatic N) is 3. The predicted octanol–water partition coefficient (Wildman–Crippen LogP) is 5.09. The summed E-state index contributed by atoms with van der Waals surface area (Å²) in [6.45, 7) is 4.42. The second kappa shape index (κ2) is 9.04. The molecule has 1 amide bonds. The van der Waals surface area contributed by atoms with Crippen molar-refractivity contribution in [3.05, 3.63) is 63.5 Å². The van der Waals surface area contributed by atoms with E-state index in [1.165, 1.54) is 18.2 Å². The number of methoxy groups -OCH3 is 1. The lowest BCUT2D eigenvalue weighted by molar-refractivity contribution is 0.0886. The number of aryl methyl sites for hydroxylation is 1. The molecular formula is C27H29ClN4O3. The molecule has 1 fully saturated rings. The lowest BCUT2D eigenvalue weighted by Crippen LogP contribution is -2.44. The molecule has 1 aliphatic rings. The van der Waals surface area contributed by atoms with Gasteiger partial charge in [0.25, 0.3) is 11.5 Å². The van der Waals surface area contributed by atoms with E-state index in [4.69, 9.17) is 16.3 Å². The van der Waals surface area contributed by atoms with Gasteiger partial charge in [0.05, 0.1) is 17.8 Å². The predicted molar refractivity (Wildman–Crippen MR) is 139 cm³/mol. The van der Waals surface area contributed by atoms with E-state index < -0.39 is 0 Å². The van der Waals surface area contributed by atoms with E-state index in [-0.39, 0.29) is 23.2 Å². The van der Waals surface area contributed by atoms with E-state index in [0.29, 0.717) is 39.2 Å². The molecule has 1 N–H and O–H groups in total. The molecule has 35 heavy (non-hydrogen) atoms. The van der Waals surface area contributed by atoms with Crippen LogP contribution in [-0.2, 0) is 7.05 Å². The highest BCUT2D eigenvalue weighted by Gasteiger charge is 2.30. The summed E-state index contributed by atoms with van der Waals surface area (Å²) in [6, 6.07) is 12.8. The van der Waals surface area contributed by atoms with Gasteiger partial charge in [-0.1, -0.05) is 56.5 Å². The zero-order valence-corrected chi connectivity index (χ0v) is 21.1. The van der Waals surface area contributed by atoms with E-state index in [2.05, 4.69) is 24.3 Å². The Labute approximate surface area is 208 Å².